The monoisotopic (exact) mass is 503 g/mol. The number of nitrogens with one attached hydrogen (secondary N) is 1. The molecule has 0 aliphatic heterocycles. The van der Waals surface area contributed by atoms with Gasteiger partial charge in [-0.3, -0.25) is 9.52 Å². The van der Waals surface area contributed by atoms with Gasteiger partial charge in [0.25, 0.3) is 0 Å². The molecule has 2 aromatic carbocycles. The summed E-state index contributed by atoms with van der Waals surface area (Å²) in [4.78, 5) is 11.7. The summed E-state index contributed by atoms with van der Waals surface area (Å²) < 4.78 is 14.3. The molecule has 31 heavy (non-hydrogen) atoms. The predicted octanol–water partition coefficient (Wildman–Crippen LogP) is 6.39. The molecule has 0 fully saturated rings. The summed E-state index contributed by atoms with van der Waals surface area (Å²) in [6.45, 7) is 6.94. The largest absolute Gasteiger partial charge is 0.490 e. The fraction of sp³-hybridized carbons (Fsp3) is 0.435. The van der Waals surface area contributed by atoms with Crippen LogP contribution in [0.5, 0.6) is 11.5 Å². The quantitative estimate of drug-likeness (QED) is 0.268. The fourth-order valence-electron chi connectivity index (χ4n) is 2.83. The van der Waals surface area contributed by atoms with Crippen molar-refractivity contribution in [3.05, 3.63) is 57.6 Å². The molecular formula is C23H28Cl3NO3S. The van der Waals surface area contributed by atoms with Crippen molar-refractivity contribution in [3.8, 4) is 11.5 Å². The number of Topliss-reactive ketones (excluding diaryl/α,β-unsaturated/α-hetero) is 1. The Bertz CT molecular complexity index is 852. The normalized spacial score (nSPS) is 12.5. The number of rotatable bonds is 12. The zero-order valence-corrected chi connectivity index (χ0v) is 21.2. The maximum Gasteiger partial charge on any atom is 0.184 e. The van der Waals surface area contributed by atoms with E-state index < -0.39 is 0 Å². The predicted molar refractivity (Wildman–Crippen MR) is 132 cm³/mol. The van der Waals surface area contributed by atoms with Crippen LogP contribution < -0.4 is 14.2 Å². The average molecular weight is 505 g/mol. The minimum absolute atomic E-state index is 0.00853. The molecule has 1 unspecified atom stereocenters. The Hall–Kier alpha value is -1.11. The molecule has 1 atom stereocenters. The first-order chi connectivity index (χ1) is 14.7. The second-order valence-corrected chi connectivity index (χ2v) is 9.66. The van der Waals surface area contributed by atoms with Crippen LogP contribution in [-0.2, 0) is 10.2 Å². The summed E-state index contributed by atoms with van der Waals surface area (Å²) >= 11 is 20.2. The number of hydrogen-bond donors (Lipinski definition) is 1. The van der Waals surface area contributed by atoms with E-state index in [0.29, 0.717) is 34.0 Å². The molecule has 4 nitrogen and oxygen atoms in total. The third kappa shape index (κ3) is 7.47. The van der Waals surface area contributed by atoms with Crippen molar-refractivity contribution in [1.29, 1.82) is 0 Å². The Morgan fingerprint density at radius 1 is 1.10 bits per heavy atom. The Labute approximate surface area is 204 Å². The Morgan fingerprint density at radius 2 is 1.71 bits per heavy atom. The number of benzene rings is 2. The van der Waals surface area contributed by atoms with E-state index in [1.807, 2.05) is 49.6 Å². The molecule has 0 aromatic heterocycles. The Kier molecular flexibility index (Phi) is 10.3. The maximum absolute atomic E-state index is 11.7. The first-order valence-electron chi connectivity index (χ1n) is 9.88. The number of carbonyl (C=O) groups excluding carboxylic acids is 1. The Balaban J connectivity index is 2.12. The zero-order valence-electron chi connectivity index (χ0n) is 18.1. The van der Waals surface area contributed by atoms with Crippen molar-refractivity contribution in [2.75, 3.05) is 31.9 Å². The highest BCUT2D eigenvalue weighted by Crippen LogP contribution is 2.40. The topological polar surface area (TPSA) is 47.6 Å². The lowest BCUT2D eigenvalue weighted by Crippen LogP contribution is -2.22. The van der Waals surface area contributed by atoms with E-state index in [2.05, 4.69) is 18.6 Å². The van der Waals surface area contributed by atoms with E-state index in [1.54, 1.807) is 0 Å². The molecule has 170 valence electrons. The third-order valence-corrected chi connectivity index (χ3v) is 6.41. The van der Waals surface area contributed by atoms with Crippen LogP contribution >= 0.6 is 46.8 Å². The molecule has 0 amide bonds. The second kappa shape index (κ2) is 12.2. The third-order valence-electron chi connectivity index (χ3n) is 4.89. The van der Waals surface area contributed by atoms with E-state index in [0.717, 1.165) is 11.1 Å². The van der Waals surface area contributed by atoms with Gasteiger partial charge in [-0.2, -0.15) is 0 Å². The van der Waals surface area contributed by atoms with Gasteiger partial charge in [0.2, 0.25) is 0 Å². The number of ketones is 1. The molecule has 0 aliphatic rings. The van der Waals surface area contributed by atoms with Crippen LogP contribution in [0.15, 0.2) is 36.4 Å². The molecule has 0 heterocycles. The van der Waals surface area contributed by atoms with E-state index in [1.165, 1.54) is 11.9 Å². The van der Waals surface area contributed by atoms with Crippen molar-refractivity contribution < 1.29 is 14.3 Å². The van der Waals surface area contributed by atoms with Gasteiger partial charge in [-0.15, -0.1) is 11.6 Å². The van der Waals surface area contributed by atoms with Gasteiger partial charge in [-0.25, -0.2) is 0 Å². The van der Waals surface area contributed by atoms with Gasteiger partial charge in [0.05, 0.1) is 23.2 Å². The van der Waals surface area contributed by atoms with Gasteiger partial charge in [0, 0.05) is 17.2 Å². The van der Waals surface area contributed by atoms with E-state index >= 15 is 0 Å². The first-order valence-corrected chi connectivity index (χ1v) is 12.4. The van der Waals surface area contributed by atoms with Gasteiger partial charge < -0.3 is 9.47 Å². The summed E-state index contributed by atoms with van der Waals surface area (Å²) in [6.07, 6.45) is 1.87. The lowest BCUT2D eigenvalue weighted by atomic mass is 9.78. The van der Waals surface area contributed by atoms with Gasteiger partial charge >= 0.3 is 0 Å². The highest BCUT2D eigenvalue weighted by atomic mass is 35.5. The number of ether oxygens (including phenoxy) is 2. The van der Waals surface area contributed by atoms with Gasteiger partial charge in [0.1, 0.15) is 12.4 Å². The van der Waals surface area contributed by atoms with Gasteiger partial charge in [-0.05, 0) is 41.6 Å². The molecular weight excluding hydrogens is 477 g/mol. The van der Waals surface area contributed by atoms with Crippen molar-refractivity contribution in [2.45, 2.75) is 26.2 Å². The van der Waals surface area contributed by atoms with Crippen LogP contribution in [-0.4, -0.2) is 37.7 Å². The fourth-order valence-corrected chi connectivity index (χ4v) is 3.82. The summed E-state index contributed by atoms with van der Waals surface area (Å²) in [5, 5.41) is 0.935. The van der Waals surface area contributed by atoms with Crippen LogP contribution in [0.2, 0.25) is 10.0 Å². The molecule has 0 saturated carbocycles. The standard InChI is InChI=1S/C23H28Cl3NO3S/c1-15(11-24)13-30-22-20(25)9-17(10-21(22)26)23(2,3)16-5-7-19(8-6-16)29-14-18(28)12-27-31-4/h5-10,15,27H,11-14H2,1-4H3. The molecule has 0 aliphatic carbocycles. The maximum atomic E-state index is 11.7. The van der Waals surface area contributed by atoms with Gasteiger partial charge in [0.15, 0.2) is 11.5 Å². The highest BCUT2D eigenvalue weighted by Gasteiger charge is 2.26. The Morgan fingerprint density at radius 3 is 2.26 bits per heavy atom. The lowest BCUT2D eigenvalue weighted by Gasteiger charge is -2.27. The van der Waals surface area contributed by atoms with Crippen LogP contribution in [0.4, 0.5) is 0 Å². The molecule has 1 N–H and O–H groups in total. The molecule has 0 radical (unpaired) electrons. The van der Waals surface area contributed by atoms with E-state index in [4.69, 9.17) is 44.3 Å². The lowest BCUT2D eigenvalue weighted by molar-refractivity contribution is -0.119. The molecule has 2 aromatic rings. The van der Waals surface area contributed by atoms with Crippen molar-refractivity contribution in [1.82, 2.24) is 4.72 Å². The van der Waals surface area contributed by atoms with Crippen LogP contribution in [0.1, 0.15) is 31.9 Å². The number of hydrogen-bond acceptors (Lipinski definition) is 5. The highest BCUT2D eigenvalue weighted by molar-refractivity contribution is 7.96. The summed E-state index contributed by atoms with van der Waals surface area (Å²) in [5.74, 6) is 1.81. The van der Waals surface area contributed by atoms with Crippen LogP contribution in [0.25, 0.3) is 0 Å². The van der Waals surface area contributed by atoms with Crippen molar-refractivity contribution in [3.63, 3.8) is 0 Å². The smallest absolute Gasteiger partial charge is 0.184 e. The molecule has 2 rings (SSSR count). The van der Waals surface area contributed by atoms with Gasteiger partial charge in [-0.1, -0.05) is 68.1 Å². The zero-order chi connectivity index (χ0) is 23.0. The SMILES string of the molecule is CSNCC(=O)COc1ccc(C(C)(C)c2cc(Cl)c(OCC(C)CCl)c(Cl)c2)cc1. The summed E-state index contributed by atoms with van der Waals surface area (Å²) in [6, 6.07) is 11.5. The first kappa shape index (κ1) is 26.1. The van der Waals surface area contributed by atoms with E-state index in [9.17, 15) is 4.79 Å². The number of carbonyl (C=O) groups is 1. The summed E-state index contributed by atoms with van der Waals surface area (Å²) in [7, 11) is 0. The van der Waals surface area contributed by atoms with Crippen LogP contribution in [0.3, 0.4) is 0 Å². The summed E-state index contributed by atoms with van der Waals surface area (Å²) in [5.41, 5.74) is 1.67. The average Bonchev–Trinajstić information content (AvgIpc) is 2.75. The minimum atomic E-state index is -0.355. The molecule has 0 saturated heterocycles. The van der Waals surface area contributed by atoms with Crippen molar-refractivity contribution >= 4 is 52.5 Å². The van der Waals surface area contributed by atoms with E-state index in [-0.39, 0.29) is 30.3 Å². The number of alkyl halides is 1. The minimum Gasteiger partial charge on any atom is -0.490 e. The number of halogens is 3. The molecule has 0 spiro atoms. The molecule has 0 bridgehead atoms. The van der Waals surface area contributed by atoms with Crippen molar-refractivity contribution in [2.24, 2.45) is 5.92 Å². The van der Waals surface area contributed by atoms with Crippen LogP contribution in [0, 0.1) is 5.92 Å². The second-order valence-electron chi connectivity index (χ2n) is 7.84. The molecule has 8 heteroatoms.